The fraction of sp³-hybridized carbons (Fsp3) is 0.333. The topological polar surface area (TPSA) is 152 Å². The van der Waals surface area contributed by atoms with Gasteiger partial charge in [-0.2, -0.15) is 0 Å². The van der Waals surface area contributed by atoms with Crippen LogP contribution in [0.4, 0.5) is 11.6 Å². The molecule has 5 aliphatic rings. The normalized spacial score (nSPS) is 22.9. The van der Waals surface area contributed by atoms with Gasteiger partial charge in [0.05, 0.1) is 35.4 Å². The summed E-state index contributed by atoms with van der Waals surface area (Å²) in [5.74, 6) is 0.212. The van der Waals surface area contributed by atoms with E-state index in [1.54, 1.807) is 24.4 Å². The summed E-state index contributed by atoms with van der Waals surface area (Å²) in [7, 11) is 0. The second kappa shape index (κ2) is 14.0. The molecule has 2 N–H and O–H groups in total. The predicted octanol–water partition coefficient (Wildman–Crippen LogP) is 4.63. The number of anilines is 2. The van der Waals surface area contributed by atoms with Crippen LogP contribution in [0, 0.1) is 5.41 Å². The van der Waals surface area contributed by atoms with E-state index < -0.39 is 29.7 Å². The average molecular weight is 741 g/mol. The molecule has 280 valence electrons. The summed E-state index contributed by atoms with van der Waals surface area (Å²) in [4.78, 5) is 62.4. The molecule has 13 nitrogen and oxygen atoms in total. The average Bonchev–Trinajstić information content (AvgIpc) is 3.38. The van der Waals surface area contributed by atoms with Gasteiger partial charge in [-0.05, 0) is 66.1 Å². The van der Waals surface area contributed by atoms with E-state index >= 15 is 0 Å². The first kappa shape index (κ1) is 34.7. The van der Waals surface area contributed by atoms with Crippen molar-refractivity contribution in [3.8, 4) is 11.5 Å². The Morgan fingerprint density at radius 2 is 1.64 bits per heavy atom. The van der Waals surface area contributed by atoms with Crippen LogP contribution in [-0.2, 0) is 20.9 Å². The maximum atomic E-state index is 13.2. The Hall–Kier alpha value is -6.08. The fourth-order valence-corrected chi connectivity index (χ4v) is 8.01. The zero-order valence-electron chi connectivity index (χ0n) is 30.1. The summed E-state index contributed by atoms with van der Waals surface area (Å²) in [5, 5.41) is 5.66. The number of benzene rings is 3. The highest BCUT2D eigenvalue weighted by Gasteiger charge is 2.50. The molecule has 5 heterocycles. The minimum atomic E-state index is -0.989. The number of hydrogen-bond acceptors (Lipinski definition) is 11. The molecule has 9 rings (SSSR count). The molecular formula is C42H40N6O7. The number of fused-ring (bicyclic) bond motifs is 1. The van der Waals surface area contributed by atoms with Crippen molar-refractivity contribution >= 4 is 35.3 Å². The van der Waals surface area contributed by atoms with Gasteiger partial charge in [-0.15, -0.1) is 6.58 Å². The van der Waals surface area contributed by atoms with E-state index in [1.807, 2.05) is 36.4 Å². The second-order valence-corrected chi connectivity index (χ2v) is 15.1. The Kier molecular flexibility index (Phi) is 8.80. The molecule has 1 spiro atoms. The van der Waals surface area contributed by atoms with Crippen molar-refractivity contribution in [2.24, 2.45) is 5.41 Å². The van der Waals surface area contributed by atoms with E-state index in [1.165, 1.54) is 0 Å². The summed E-state index contributed by atoms with van der Waals surface area (Å²) < 4.78 is 17.7. The van der Waals surface area contributed by atoms with Crippen LogP contribution in [0.2, 0.25) is 0 Å². The molecule has 4 fully saturated rings. The zero-order valence-corrected chi connectivity index (χ0v) is 30.1. The maximum absolute atomic E-state index is 13.2. The van der Waals surface area contributed by atoms with Gasteiger partial charge in [-0.25, -0.2) is 9.97 Å². The van der Waals surface area contributed by atoms with Crippen molar-refractivity contribution in [2.75, 3.05) is 36.5 Å². The third-order valence-corrected chi connectivity index (χ3v) is 11.2. The molecule has 2 atom stereocenters. The number of hydrogen-bond donors (Lipinski definition) is 2. The summed E-state index contributed by atoms with van der Waals surface area (Å²) >= 11 is 0. The highest BCUT2D eigenvalue weighted by molar-refractivity contribution is 6.23. The van der Waals surface area contributed by atoms with Crippen molar-refractivity contribution in [1.82, 2.24) is 20.2 Å². The Bertz CT molecular complexity index is 2170. The van der Waals surface area contributed by atoms with Crippen LogP contribution >= 0.6 is 0 Å². The van der Waals surface area contributed by atoms with Gasteiger partial charge in [0.25, 0.3) is 11.8 Å². The molecule has 2 unspecified atom stereocenters. The molecule has 1 saturated carbocycles. The molecule has 3 aromatic carbocycles. The van der Waals surface area contributed by atoms with Crippen molar-refractivity contribution < 1.29 is 33.4 Å². The predicted molar refractivity (Wildman–Crippen MR) is 201 cm³/mol. The van der Waals surface area contributed by atoms with Gasteiger partial charge in [0.2, 0.25) is 17.8 Å². The molecular weight excluding hydrogens is 700 g/mol. The third kappa shape index (κ3) is 6.69. The van der Waals surface area contributed by atoms with E-state index in [-0.39, 0.29) is 42.0 Å². The van der Waals surface area contributed by atoms with E-state index in [2.05, 4.69) is 51.4 Å². The summed E-state index contributed by atoms with van der Waals surface area (Å²) in [6, 6.07) is 22.2. The third-order valence-electron chi connectivity index (χ3n) is 11.2. The lowest BCUT2D eigenvalue weighted by atomic mass is 9.78. The largest absolute Gasteiger partial charge is 0.490 e. The number of nitrogens with one attached hydrogen (secondary N) is 2. The molecule has 3 saturated heterocycles. The number of allylic oxidation sites excluding steroid dienone is 1. The van der Waals surface area contributed by atoms with Gasteiger partial charge in [-0.3, -0.25) is 29.4 Å². The summed E-state index contributed by atoms with van der Waals surface area (Å²) in [6.45, 7) is 7.97. The Labute approximate surface area is 317 Å². The molecule has 4 aliphatic heterocycles. The number of piperidine rings is 1. The number of amides is 4. The summed E-state index contributed by atoms with van der Waals surface area (Å²) in [6.07, 6.45) is 5.49. The summed E-state index contributed by atoms with van der Waals surface area (Å²) in [5.41, 5.74) is 4.55. The second-order valence-electron chi connectivity index (χ2n) is 15.1. The lowest BCUT2D eigenvalue weighted by Crippen LogP contribution is -2.66. The standard InChI is InChI=1S/C42H40N6O7/c1-2-33(25-3-8-30(9-4-25)54-20-28-15-16-43-41(45-28)47-21-42(22-47)23-53-24-42)26-5-10-31(11-6-26)55-32-17-29(18-32)44-27-7-12-34-35(19-27)40(52)48(39(34)51)36-13-14-37(49)46-38(36)50/h2-12,15-16,19,29,32-33,36,44H,1,13-14,17-18,20-24H2,(H,46,49,50). The van der Waals surface area contributed by atoms with Crippen LogP contribution in [0.3, 0.4) is 0 Å². The van der Waals surface area contributed by atoms with E-state index in [9.17, 15) is 19.2 Å². The van der Waals surface area contributed by atoms with Gasteiger partial charge in [0.15, 0.2) is 0 Å². The fourth-order valence-electron chi connectivity index (χ4n) is 8.01. The van der Waals surface area contributed by atoms with Crippen LogP contribution < -0.4 is 25.0 Å². The minimum absolute atomic E-state index is 0.00343. The molecule has 55 heavy (non-hydrogen) atoms. The quantitative estimate of drug-likeness (QED) is 0.155. The Morgan fingerprint density at radius 3 is 2.31 bits per heavy atom. The first-order valence-corrected chi connectivity index (χ1v) is 18.6. The molecule has 0 bridgehead atoms. The first-order valence-electron chi connectivity index (χ1n) is 18.6. The van der Waals surface area contributed by atoms with Crippen LogP contribution in [0.15, 0.2) is 91.6 Å². The van der Waals surface area contributed by atoms with Crippen LogP contribution in [0.5, 0.6) is 11.5 Å². The van der Waals surface area contributed by atoms with Crippen molar-refractivity contribution in [3.63, 3.8) is 0 Å². The lowest BCUT2D eigenvalue weighted by Gasteiger charge is -2.54. The van der Waals surface area contributed by atoms with Gasteiger partial charge in [-0.1, -0.05) is 30.3 Å². The van der Waals surface area contributed by atoms with Crippen molar-refractivity contribution in [2.45, 2.75) is 56.4 Å². The SMILES string of the molecule is C=CC(c1ccc(OCc2ccnc(N3CC4(COC4)C3)n2)cc1)c1ccc(OC2CC(Nc3ccc4c(c3)C(=O)N(C3CCC(=O)NC3=O)C4=O)C2)cc1. The van der Waals surface area contributed by atoms with Gasteiger partial charge >= 0.3 is 0 Å². The highest BCUT2D eigenvalue weighted by atomic mass is 16.5. The van der Waals surface area contributed by atoms with Gasteiger partial charge in [0, 0.05) is 56.2 Å². The number of aromatic nitrogens is 2. The molecule has 1 aliphatic carbocycles. The van der Waals surface area contributed by atoms with E-state index in [4.69, 9.17) is 19.2 Å². The Balaban J connectivity index is 0.747. The van der Waals surface area contributed by atoms with Crippen LogP contribution in [0.25, 0.3) is 0 Å². The molecule has 4 aromatic rings. The highest BCUT2D eigenvalue weighted by Crippen LogP contribution is 2.39. The number of imide groups is 2. The number of ether oxygens (including phenoxy) is 3. The van der Waals surface area contributed by atoms with Gasteiger partial charge in [0.1, 0.15) is 30.3 Å². The molecule has 1 aromatic heterocycles. The number of nitrogens with zero attached hydrogens (tertiary/aromatic N) is 4. The van der Waals surface area contributed by atoms with E-state index in [0.717, 1.165) is 78.3 Å². The molecule has 4 amide bonds. The maximum Gasteiger partial charge on any atom is 0.262 e. The van der Waals surface area contributed by atoms with Gasteiger partial charge < -0.3 is 24.4 Å². The Morgan fingerprint density at radius 1 is 0.927 bits per heavy atom. The minimum Gasteiger partial charge on any atom is -0.490 e. The number of carbonyl (C=O) groups is 4. The smallest absolute Gasteiger partial charge is 0.262 e. The lowest BCUT2D eigenvalue weighted by molar-refractivity contribution is -0.136. The first-order chi connectivity index (χ1) is 26.7. The number of rotatable bonds is 12. The number of carbonyl (C=O) groups excluding carboxylic acids is 4. The zero-order chi connectivity index (χ0) is 37.7. The molecule has 13 heteroatoms. The van der Waals surface area contributed by atoms with Crippen LogP contribution in [-0.4, -0.2) is 83.0 Å². The van der Waals surface area contributed by atoms with Crippen molar-refractivity contribution in [1.29, 1.82) is 0 Å². The van der Waals surface area contributed by atoms with E-state index in [0.29, 0.717) is 17.7 Å². The van der Waals surface area contributed by atoms with Crippen molar-refractivity contribution in [3.05, 3.63) is 120 Å². The van der Waals surface area contributed by atoms with Crippen LogP contribution in [0.1, 0.15) is 69.1 Å². The molecule has 0 radical (unpaired) electrons. The monoisotopic (exact) mass is 740 g/mol.